The van der Waals surface area contributed by atoms with Gasteiger partial charge in [0.15, 0.2) is 0 Å². The summed E-state index contributed by atoms with van der Waals surface area (Å²) < 4.78 is 0. The second kappa shape index (κ2) is 6.03. The first kappa shape index (κ1) is 14.2. The summed E-state index contributed by atoms with van der Waals surface area (Å²) in [6.45, 7) is 8.84. The predicted octanol–water partition coefficient (Wildman–Crippen LogP) is 1.61. The minimum absolute atomic E-state index is 0.758. The van der Waals surface area contributed by atoms with E-state index >= 15 is 0 Å². The van der Waals surface area contributed by atoms with E-state index in [0.717, 1.165) is 64.0 Å². The number of hydrogen-bond donors (Lipinski definition) is 1. The monoisotopic (exact) mass is 301 g/mol. The van der Waals surface area contributed by atoms with E-state index in [1.807, 2.05) is 0 Å². The lowest BCUT2D eigenvalue weighted by molar-refractivity contribution is 0.441. The molecule has 4 rings (SSSR count). The number of nitrogens with zero attached hydrogens (tertiary/aromatic N) is 4. The maximum atomic E-state index is 5.04. The van der Waals surface area contributed by atoms with Gasteiger partial charge in [-0.25, -0.2) is 4.98 Å². The topological polar surface area (TPSA) is 44.3 Å². The first-order valence-corrected chi connectivity index (χ1v) is 8.91. The quantitative estimate of drug-likeness (QED) is 0.899. The largest absolute Gasteiger partial charge is 0.354 e. The molecule has 2 fully saturated rings. The number of nitrogens with one attached hydrogen (secondary N) is 1. The van der Waals surface area contributed by atoms with E-state index in [9.17, 15) is 0 Å². The van der Waals surface area contributed by atoms with Crippen LogP contribution < -0.4 is 15.1 Å². The van der Waals surface area contributed by atoms with Crippen molar-refractivity contribution in [1.29, 1.82) is 0 Å². The van der Waals surface area contributed by atoms with Gasteiger partial charge in [0.25, 0.3) is 0 Å². The summed E-state index contributed by atoms with van der Waals surface area (Å²) in [5, 5.41) is 3.44. The average molecular weight is 301 g/mol. The maximum Gasteiger partial charge on any atom is 0.227 e. The molecule has 3 aliphatic rings. The van der Waals surface area contributed by atoms with Crippen LogP contribution in [0.15, 0.2) is 0 Å². The highest BCUT2D eigenvalue weighted by Gasteiger charge is 2.26. The average Bonchev–Trinajstić information content (AvgIpc) is 3.03. The van der Waals surface area contributed by atoms with Crippen LogP contribution in [0.25, 0.3) is 0 Å². The van der Waals surface area contributed by atoms with Gasteiger partial charge in [-0.3, -0.25) is 0 Å². The summed E-state index contributed by atoms with van der Waals surface area (Å²) in [7, 11) is 0. The predicted molar refractivity (Wildman–Crippen MR) is 89.8 cm³/mol. The van der Waals surface area contributed by atoms with E-state index in [0.29, 0.717) is 0 Å². The Morgan fingerprint density at radius 1 is 1.00 bits per heavy atom. The molecule has 2 aliphatic heterocycles. The van der Waals surface area contributed by atoms with Crippen molar-refractivity contribution >= 4 is 11.8 Å². The van der Waals surface area contributed by atoms with Gasteiger partial charge in [-0.05, 0) is 38.0 Å². The van der Waals surface area contributed by atoms with Crippen molar-refractivity contribution in [3.05, 3.63) is 11.3 Å². The highest BCUT2D eigenvalue weighted by atomic mass is 15.3. The molecule has 0 amide bonds. The van der Waals surface area contributed by atoms with Crippen LogP contribution in [0, 0.1) is 5.92 Å². The summed E-state index contributed by atoms with van der Waals surface area (Å²) in [5.41, 5.74) is 2.74. The summed E-state index contributed by atoms with van der Waals surface area (Å²) in [4.78, 5) is 14.9. The molecule has 1 unspecified atom stereocenters. The van der Waals surface area contributed by atoms with E-state index in [1.165, 1.54) is 36.3 Å². The zero-order valence-electron chi connectivity index (χ0n) is 13.6. The molecule has 0 spiro atoms. The first-order valence-electron chi connectivity index (χ1n) is 8.91. The van der Waals surface area contributed by atoms with E-state index in [2.05, 4.69) is 22.0 Å². The van der Waals surface area contributed by atoms with Crippen molar-refractivity contribution in [3.8, 4) is 0 Å². The van der Waals surface area contributed by atoms with Gasteiger partial charge in [-0.15, -0.1) is 0 Å². The normalized spacial score (nSPS) is 25.4. The Labute approximate surface area is 133 Å². The third kappa shape index (κ3) is 2.67. The molecule has 22 heavy (non-hydrogen) atoms. The molecular formula is C17H27N5. The minimum Gasteiger partial charge on any atom is -0.354 e. The van der Waals surface area contributed by atoms with Gasteiger partial charge < -0.3 is 15.1 Å². The minimum atomic E-state index is 0.758. The summed E-state index contributed by atoms with van der Waals surface area (Å²) in [5.74, 6) is 2.98. The van der Waals surface area contributed by atoms with Gasteiger partial charge in [-0.2, -0.15) is 4.98 Å². The molecule has 5 nitrogen and oxygen atoms in total. The Hall–Kier alpha value is -1.36. The molecule has 1 atom stereocenters. The third-order valence-corrected chi connectivity index (χ3v) is 5.26. The number of aromatic nitrogens is 2. The summed E-state index contributed by atoms with van der Waals surface area (Å²) in [6.07, 6.45) is 6.14. The van der Waals surface area contributed by atoms with Crippen LogP contribution in [0.2, 0.25) is 0 Å². The smallest absolute Gasteiger partial charge is 0.227 e. The van der Waals surface area contributed by atoms with Gasteiger partial charge in [0.2, 0.25) is 5.95 Å². The molecule has 0 saturated carbocycles. The Balaban J connectivity index is 1.67. The fourth-order valence-electron chi connectivity index (χ4n) is 4.05. The fraction of sp³-hybridized carbons (Fsp3) is 0.765. The summed E-state index contributed by atoms with van der Waals surface area (Å²) in [6, 6.07) is 0. The summed E-state index contributed by atoms with van der Waals surface area (Å²) >= 11 is 0. The molecule has 2 saturated heterocycles. The highest BCUT2D eigenvalue weighted by molar-refractivity contribution is 5.55. The zero-order chi connectivity index (χ0) is 14.9. The van der Waals surface area contributed by atoms with Crippen LogP contribution in [0.4, 0.5) is 11.8 Å². The molecule has 5 heteroatoms. The first-order chi connectivity index (χ1) is 10.8. The lowest BCUT2D eigenvalue weighted by atomic mass is 10.0. The Morgan fingerprint density at radius 3 is 2.68 bits per heavy atom. The number of aryl methyl sites for hydroxylation is 1. The van der Waals surface area contributed by atoms with Crippen molar-refractivity contribution in [2.24, 2.45) is 5.92 Å². The van der Waals surface area contributed by atoms with Crippen LogP contribution in [0.1, 0.15) is 37.4 Å². The number of hydrogen-bond acceptors (Lipinski definition) is 5. The van der Waals surface area contributed by atoms with Gasteiger partial charge in [0, 0.05) is 44.8 Å². The van der Waals surface area contributed by atoms with Crippen molar-refractivity contribution in [2.75, 3.05) is 49.1 Å². The van der Waals surface area contributed by atoms with Crippen LogP contribution >= 0.6 is 0 Å². The van der Waals surface area contributed by atoms with Crippen molar-refractivity contribution < 1.29 is 0 Å². The molecule has 1 N–H and O–H groups in total. The maximum absolute atomic E-state index is 5.04. The van der Waals surface area contributed by atoms with E-state index in [1.54, 1.807) is 0 Å². The van der Waals surface area contributed by atoms with E-state index in [4.69, 9.17) is 9.97 Å². The fourth-order valence-corrected chi connectivity index (χ4v) is 4.05. The lowest BCUT2D eigenvalue weighted by Crippen LogP contribution is -2.44. The number of piperidine rings is 1. The van der Waals surface area contributed by atoms with Crippen molar-refractivity contribution in [2.45, 2.75) is 39.0 Å². The van der Waals surface area contributed by atoms with Crippen LogP contribution in [-0.4, -0.2) is 49.2 Å². The van der Waals surface area contributed by atoms with Crippen molar-refractivity contribution in [3.63, 3.8) is 0 Å². The standard InChI is InChI=1S/C17H27N5/c1-13-4-3-9-22(12-13)17-19-15-6-2-5-14(15)16(20-17)21-10-7-18-8-11-21/h13,18H,2-12H2,1H3. The molecule has 1 aromatic rings. The molecule has 120 valence electrons. The second-order valence-corrected chi connectivity index (χ2v) is 7.06. The second-order valence-electron chi connectivity index (χ2n) is 7.06. The lowest BCUT2D eigenvalue weighted by Gasteiger charge is -2.34. The number of rotatable bonds is 2. The highest BCUT2D eigenvalue weighted by Crippen LogP contribution is 2.32. The third-order valence-electron chi connectivity index (χ3n) is 5.26. The Kier molecular flexibility index (Phi) is 3.90. The Morgan fingerprint density at radius 2 is 1.86 bits per heavy atom. The van der Waals surface area contributed by atoms with Crippen LogP contribution in [-0.2, 0) is 12.8 Å². The van der Waals surface area contributed by atoms with E-state index in [-0.39, 0.29) is 0 Å². The number of fused-ring (bicyclic) bond motifs is 1. The molecule has 3 heterocycles. The van der Waals surface area contributed by atoms with Gasteiger partial charge >= 0.3 is 0 Å². The van der Waals surface area contributed by atoms with Crippen LogP contribution in [0.3, 0.4) is 0 Å². The SMILES string of the molecule is CC1CCCN(c2nc3c(c(N4CCNCC4)n2)CCC3)C1. The van der Waals surface area contributed by atoms with Gasteiger partial charge in [0.1, 0.15) is 5.82 Å². The van der Waals surface area contributed by atoms with Gasteiger partial charge in [0.05, 0.1) is 5.69 Å². The van der Waals surface area contributed by atoms with Gasteiger partial charge in [-0.1, -0.05) is 6.92 Å². The molecule has 1 aliphatic carbocycles. The van der Waals surface area contributed by atoms with Crippen molar-refractivity contribution in [1.82, 2.24) is 15.3 Å². The molecule has 1 aromatic heterocycles. The molecule has 0 radical (unpaired) electrons. The van der Waals surface area contributed by atoms with Crippen LogP contribution in [0.5, 0.6) is 0 Å². The molecule has 0 bridgehead atoms. The molecule has 0 aromatic carbocycles. The number of anilines is 2. The number of piperazine rings is 1. The Bertz CT molecular complexity index is 538. The molecular weight excluding hydrogens is 274 g/mol. The zero-order valence-corrected chi connectivity index (χ0v) is 13.6. The van der Waals surface area contributed by atoms with E-state index < -0.39 is 0 Å².